The van der Waals surface area contributed by atoms with Crippen molar-refractivity contribution in [1.82, 2.24) is 4.90 Å². The highest BCUT2D eigenvalue weighted by Crippen LogP contribution is 2.27. The van der Waals surface area contributed by atoms with Gasteiger partial charge in [0.15, 0.2) is 0 Å². The lowest BCUT2D eigenvalue weighted by Crippen LogP contribution is -2.44. The normalized spacial score (nSPS) is 21.5. The zero-order valence-corrected chi connectivity index (χ0v) is 11.4. The van der Waals surface area contributed by atoms with Crippen molar-refractivity contribution in [2.24, 2.45) is 0 Å². The van der Waals surface area contributed by atoms with Crippen LogP contribution in [0.4, 0.5) is 13.2 Å². The van der Waals surface area contributed by atoms with E-state index in [0.29, 0.717) is 10.9 Å². The number of nitrogens with zero attached hydrogens (tertiary/aromatic N) is 1. The molecule has 0 aromatic heterocycles. The number of carbonyl (C=O) groups excluding carboxylic acids is 1. The minimum Gasteiger partial charge on any atom is -0.330 e. The molecular weight excluding hydrogens is 311 g/mol. The molecular formula is C12H13BrF3NO. The number of rotatable bonds is 1. The average molecular weight is 324 g/mol. The number of hydrogen-bond acceptors (Lipinski definition) is 1. The second kappa shape index (κ2) is 5.73. The largest absolute Gasteiger partial charge is 0.471 e. The third-order valence-corrected chi connectivity index (χ3v) is 2.86. The van der Waals surface area contributed by atoms with Crippen LogP contribution < -0.4 is 0 Å². The van der Waals surface area contributed by atoms with Gasteiger partial charge in [0.2, 0.25) is 0 Å². The molecule has 1 aliphatic rings. The lowest BCUT2D eigenvalue weighted by atomic mass is 9.97. The third-order valence-electron chi connectivity index (χ3n) is 2.63. The van der Waals surface area contributed by atoms with Crippen LogP contribution in [0.5, 0.6) is 0 Å². The average Bonchev–Trinajstić information content (AvgIpc) is 2.26. The first-order valence-corrected chi connectivity index (χ1v) is 6.11. The molecule has 0 radical (unpaired) electrons. The van der Waals surface area contributed by atoms with Crippen LogP contribution in [0, 0.1) is 0 Å². The van der Waals surface area contributed by atoms with Gasteiger partial charge in [0.05, 0.1) is 0 Å². The van der Waals surface area contributed by atoms with Crippen LogP contribution in [0.1, 0.15) is 13.3 Å². The highest BCUT2D eigenvalue weighted by molar-refractivity contribution is 9.11. The van der Waals surface area contributed by atoms with E-state index in [1.165, 1.54) is 0 Å². The van der Waals surface area contributed by atoms with Crippen molar-refractivity contribution in [3.8, 4) is 0 Å². The summed E-state index contributed by atoms with van der Waals surface area (Å²) in [7, 11) is 0. The van der Waals surface area contributed by atoms with E-state index in [-0.39, 0.29) is 13.1 Å². The summed E-state index contributed by atoms with van der Waals surface area (Å²) in [5.41, 5.74) is 1.63. The third kappa shape index (κ3) is 3.73. The lowest BCUT2D eigenvalue weighted by Gasteiger charge is -2.31. The van der Waals surface area contributed by atoms with Gasteiger partial charge in [-0.2, -0.15) is 13.2 Å². The molecule has 2 nitrogen and oxygen atoms in total. The van der Waals surface area contributed by atoms with Crippen molar-refractivity contribution in [1.29, 1.82) is 0 Å². The molecule has 0 unspecified atom stereocenters. The topological polar surface area (TPSA) is 20.3 Å². The van der Waals surface area contributed by atoms with E-state index in [9.17, 15) is 18.0 Å². The molecule has 0 aromatic rings. The van der Waals surface area contributed by atoms with Crippen molar-refractivity contribution in [3.05, 3.63) is 34.4 Å². The molecule has 0 aromatic carbocycles. The van der Waals surface area contributed by atoms with E-state index in [1.54, 1.807) is 19.1 Å². The Balaban J connectivity index is 2.86. The van der Waals surface area contributed by atoms with Gasteiger partial charge in [-0.05, 0) is 30.6 Å². The van der Waals surface area contributed by atoms with Gasteiger partial charge in [-0.3, -0.25) is 4.79 Å². The van der Waals surface area contributed by atoms with Crippen LogP contribution in [0.2, 0.25) is 0 Å². The van der Waals surface area contributed by atoms with Gasteiger partial charge in [-0.15, -0.1) is 0 Å². The number of likely N-dealkylation sites (tertiary alicyclic amines) is 1. The van der Waals surface area contributed by atoms with Crippen molar-refractivity contribution in [2.75, 3.05) is 13.1 Å². The minimum absolute atomic E-state index is 0.0129. The monoisotopic (exact) mass is 323 g/mol. The van der Waals surface area contributed by atoms with E-state index in [2.05, 4.69) is 22.5 Å². The second-order valence-electron chi connectivity index (χ2n) is 3.90. The quantitative estimate of drug-likeness (QED) is 0.722. The van der Waals surface area contributed by atoms with E-state index in [1.807, 2.05) is 0 Å². The lowest BCUT2D eigenvalue weighted by molar-refractivity contribution is -0.185. The molecule has 1 fully saturated rings. The maximum atomic E-state index is 12.3. The Bertz CT molecular complexity index is 424. The summed E-state index contributed by atoms with van der Waals surface area (Å²) in [5.74, 6) is -1.78. The summed E-state index contributed by atoms with van der Waals surface area (Å²) in [6.07, 6.45) is -0.923. The van der Waals surface area contributed by atoms with Crippen LogP contribution in [-0.2, 0) is 4.79 Å². The molecule has 0 spiro atoms. The van der Waals surface area contributed by atoms with Crippen LogP contribution >= 0.6 is 15.9 Å². The van der Waals surface area contributed by atoms with E-state index >= 15 is 0 Å². The molecule has 0 aliphatic carbocycles. The molecule has 0 atom stereocenters. The SMILES string of the molecule is C=C(Br)/C=C1/CCN(C(=O)C(F)(F)F)C/C1=C/C. The van der Waals surface area contributed by atoms with E-state index in [0.717, 1.165) is 16.0 Å². The van der Waals surface area contributed by atoms with Crippen LogP contribution in [0.15, 0.2) is 34.4 Å². The molecule has 1 saturated heterocycles. The number of halogens is 4. The summed E-state index contributed by atoms with van der Waals surface area (Å²) >= 11 is 3.18. The number of allylic oxidation sites excluding steroid dienone is 3. The highest BCUT2D eigenvalue weighted by atomic mass is 79.9. The van der Waals surface area contributed by atoms with Crippen LogP contribution in [0.25, 0.3) is 0 Å². The Kier molecular flexibility index (Phi) is 4.78. The standard InChI is InChI=1S/C12H13BrF3NO/c1-3-9-7-17(11(18)12(14,15)16)5-4-10(9)6-8(2)13/h3,6H,2,4-5,7H2,1H3/b9-3-,10-6-. The Morgan fingerprint density at radius 1 is 1.44 bits per heavy atom. The Hall–Kier alpha value is -1.04. The summed E-state index contributed by atoms with van der Waals surface area (Å²) in [4.78, 5) is 12.0. The zero-order valence-electron chi connectivity index (χ0n) is 9.85. The fraction of sp³-hybridized carbons (Fsp3) is 0.417. The van der Waals surface area contributed by atoms with Gasteiger partial charge >= 0.3 is 12.1 Å². The molecule has 6 heteroatoms. The molecule has 0 N–H and O–H groups in total. The highest BCUT2D eigenvalue weighted by Gasteiger charge is 2.43. The van der Waals surface area contributed by atoms with Gasteiger partial charge in [0.1, 0.15) is 0 Å². The summed E-state index contributed by atoms with van der Waals surface area (Å²) < 4.78 is 37.6. The first-order chi connectivity index (χ1) is 8.25. The molecule has 1 amide bonds. The molecule has 1 heterocycles. The Morgan fingerprint density at radius 2 is 2.06 bits per heavy atom. The van der Waals surface area contributed by atoms with Gasteiger partial charge in [0, 0.05) is 17.6 Å². The smallest absolute Gasteiger partial charge is 0.330 e. The van der Waals surface area contributed by atoms with Crippen molar-refractivity contribution >= 4 is 21.8 Å². The number of carbonyl (C=O) groups is 1. The van der Waals surface area contributed by atoms with E-state index < -0.39 is 12.1 Å². The Morgan fingerprint density at radius 3 is 2.50 bits per heavy atom. The number of piperidine rings is 1. The van der Waals surface area contributed by atoms with Crippen LogP contribution in [-0.4, -0.2) is 30.1 Å². The Labute approximate surface area is 112 Å². The predicted octanol–water partition coefficient (Wildman–Crippen LogP) is 3.56. The maximum Gasteiger partial charge on any atom is 0.471 e. The summed E-state index contributed by atoms with van der Waals surface area (Å²) in [5, 5.41) is 0. The minimum atomic E-state index is -4.81. The number of alkyl halides is 3. The van der Waals surface area contributed by atoms with Gasteiger partial charge < -0.3 is 4.90 Å². The van der Waals surface area contributed by atoms with E-state index in [4.69, 9.17) is 0 Å². The first kappa shape index (κ1) is 15.0. The summed E-state index contributed by atoms with van der Waals surface area (Å²) in [6, 6.07) is 0. The van der Waals surface area contributed by atoms with Crippen molar-refractivity contribution in [2.45, 2.75) is 19.5 Å². The molecule has 18 heavy (non-hydrogen) atoms. The maximum absolute atomic E-state index is 12.3. The number of amides is 1. The summed E-state index contributed by atoms with van der Waals surface area (Å²) in [6.45, 7) is 5.46. The van der Waals surface area contributed by atoms with Gasteiger partial charge in [-0.1, -0.05) is 28.6 Å². The molecule has 1 aliphatic heterocycles. The number of hydrogen-bond donors (Lipinski definition) is 0. The molecule has 100 valence electrons. The zero-order chi connectivity index (χ0) is 13.9. The molecule has 0 saturated carbocycles. The predicted molar refractivity (Wildman–Crippen MR) is 67.2 cm³/mol. The second-order valence-corrected chi connectivity index (χ2v) is 4.92. The van der Waals surface area contributed by atoms with Gasteiger partial charge in [0.25, 0.3) is 0 Å². The van der Waals surface area contributed by atoms with Crippen molar-refractivity contribution < 1.29 is 18.0 Å². The molecule has 0 bridgehead atoms. The fourth-order valence-corrected chi connectivity index (χ4v) is 2.06. The van der Waals surface area contributed by atoms with Crippen molar-refractivity contribution in [3.63, 3.8) is 0 Å². The fourth-order valence-electron chi connectivity index (χ4n) is 1.79. The van der Waals surface area contributed by atoms with Crippen LogP contribution in [0.3, 0.4) is 0 Å². The molecule has 1 rings (SSSR count). The van der Waals surface area contributed by atoms with Gasteiger partial charge in [-0.25, -0.2) is 0 Å². The first-order valence-electron chi connectivity index (χ1n) is 5.32.